The number of carbonyl (C=O) groups is 3. The molecule has 1 saturated heterocycles. The van der Waals surface area contributed by atoms with Crippen LogP contribution in [0.2, 0.25) is 0 Å². The van der Waals surface area contributed by atoms with Crippen LogP contribution in [-0.2, 0) is 9.53 Å². The maximum Gasteiger partial charge on any atom is 0.395 e. The summed E-state index contributed by atoms with van der Waals surface area (Å²) in [5.74, 6) is 5.95. The van der Waals surface area contributed by atoms with Crippen molar-refractivity contribution in [3.8, 4) is 11.8 Å². The largest absolute Gasteiger partial charge is 0.437 e. The maximum atomic E-state index is 13.5. The van der Waals surface area contributed by atoms with Gasteiger partial charge in [0.1, 0.15) is 6.72 Å². The molecular formula is C30H36N3O4S+. The summed E-state index contributed by atoms with van der Waals surface area (Å²) in [7, 11) is 0. The fourth-order valence-electron chi connectivity index (χ4n) is 4.81. The van der Waals surface area contributed by atoms with E-state index in [9.17, 15) is 14.4 Å². The zero-order chi connectivity index (χ0) is 27.4. The highest BCUT2D eigenvalue weighted by Gasteiger charge is 2.38. The minimum absolute atomic E-state index is 0.0895. The molecule has 2 fully saturated rings. The van der Waals surface area contributed by atoms with Crippen molar-refractivity contribution in [2.24, 2.45) is 17.3 Å². The van der Waals surface area contributed by atoms with E-state index >= 15 is 0 Å². The predicted octanol–water partition coefficient (Wildman–Crippen LogP) is 5.66. The van der Waals surface area contributed by atoms with Crippen LogP contribution in [0, 0.1) is 29.1 Å². The molecule has 0 bridgehead atoms. The summed E-state index contributed by atoms with van der Waals surface area (Å²) in [5, 5.41) is 0. The van der Waals surface area contributed by atoms with Gasteiger partial charge >= 0.3 is 11.9 Å². The molecule has 0 radical (unpaired) electrons. The van der Waals surface area contributed by atoms with Gasteiger partial charge in [0.25, 0.3) is 5.91 Å². The lowest BCUT2D eigenvalue weighted by molar-refractivity contribution is -0.365. The number of aromatic nitrogens is 1. The monoisotopic (exact) mass is 534 g/mol. The van der Waals surface area contributed by atoms with Gasteiger partial charge in [-0.2, -0.15) is 0 Å². The Morgan fingerprint density at radius 2 is 1.92 bits per heavy atom. The van der Waals surface area contributed by atoms with Gasteiger partial charge in [-0.1, -0.05) is 18.8 Å². The zero-order valence-corrected chi connectivity index (χ0v) is 23.5. The number of amides is 2. The number of nitrogens with zero attached hydrogens (tertiary/aromatic N) is 3. The van der Waals surface area contributed by atoms with Gasteiger partial charge < -0.3 is 9.64 Å². The third kappa shape index (κ3) is 6.57. The smallest absolute Gasteiger partial charge is 0.395 e. The predicted molar refractivity (Wildman–Crippen MR) is 148 cm³/mol. The average Bonchev–Trinajstić information content (AvgIpc) is 3.54. The van der Waals surface area contributed by atoms with Crippen molar-refractivity contribution < 1.29 is 23.7 Å². The second-order valence-electron chi connectivity index (χ2n) is 11.3. The first-order chi connectivity index (χ1) is 18.0. The molecule has 1 aliphatic heterocycles. The number of thiophene rings is 1. The fourth-order valence-corrected chi connectivity index (χ4v) is 5.71. The Labute approximate surface area is 228 Å². The Kier molecular flexibility index (Phi) is 8.47. The topological polar surface area (TPSA) is 79.6 Å². The molecule has 38 heavy (non-hydrogen) atoms. The number of carbonyl (C=O) groups excluding carboxylic acids is 3. The molecule has 8 heteroatoms. The Balaban J connectivity index is 1.59. The molecule has 1 unspecified atom stereocenters. The third-order valence-electron chi connectivity index (χ3n) is 6.99. The summed E-state index contributed by atoms with van der Waals surface area (Å²) in [5.41, 5.74) is 0.633. The average molecular weight is 535 g/mol. The van der Waals surface area contributed by atoms with Crippen molar-refractivity contribution in [3.05, 3.63) is 45.9 Å². The van der Waals surface area contributed by atoms with Gasteiger partial charge in [-0.25, -0.2) is 9.59 Å². The summed E-state index contributed by atoms with van der Waals surface area (Å²) < 4.78 is 7.23. The number of hydrogen-bond donors (Lipinski definition) is 0. The summed E-state index contributed by atoms with van der Waals surface area (Å²) in [6.07, 6.45) is 7.35. The molecule has 1 saturated carbocycles. The number of hydrogen-bond acceptors (Lipinski definition) is 6. The molecule has 2 aromatic heterocycles. The van der Waals surface area contributed by atoms with E-state index in [0.29, 0.717) is 35.0 Å². The number of rotatable bonds is 5. The molecule has 1 aliphatic carbocycles. The minimum atomic E-state index is -0.692. The summed E-state index contributed by atoms with van der Waals surface area (Å²) in [4.78, 5) is 46.5. The molecule has 2 amide bonds. The summed E-state index contributed by atoms with van der Waals surface area (Å²) in [6.45, 7) is 12.8. The second kappa shape index (κ2) is 11.6. The number of esters is 1. The van der Waals surface area contributed by atoms with E-state index in [1.54, 1.807) is 29.3 Å². The maximum absolute atomic E-state index is 13.5. The molecule has 200 valence electrons. The van der Waals surface area contributed by atoms with E-state index in [1.165, 1.54) is 22.1 Å². The standard InChI is InChI=1S/C30H36N3O4S/c1-20-10-12-21(13-11-20)27(34)32(5)24-18-23(14-15-30(2,3)4)38-26(24)29(36)37-25-9-7-17-33(25)28(35)22-8-6-16-31-19-22/h6,8,16,18-21,25H,5,7,9-13,17H2,1-4H3/q+1. The molecule has 0 aromatic carbocycles. The Hall–Kier alpha value is -3.31. The molecule has 2 aromatic rings. The van der Waals surface area contributed by atoms with Crippen molar-refractivity contribution in [2.45, 2.75) is 72.4 Å². The summed E-state index contributed by atoms with van der Waals surface area (Å²) in [6, 6.07) is 5.15. The van der Waals surface area contributed by atoms with Crippen LogP contribution in [0.3, 0.4) is 0 Å². The van der Waals surface area contributed by atoms with Gasteiger partial charge in [0.2, 0.25) is 5.69 Å². The lowest BCUT2D eigenvalue weighted by atomic mass is 9.82. The van der Waals surface area contributed by atoms with Crippen molar-refractivity contribution >= 4 is 41.5 Å². The van der Waals surface area contributed by atoms with Gasteiger partial charge in [-0.15, -0.1) is 15.9 Å². The highest BCUT2D eigenvalue weighted by molar-refractivity contribution is 7.15. The van der Waals surface area contributed by atoms with Crippen LogP contribution < -0.4 is 0 Å². The zero-order valence-electron chi connectivity index (χ0n) is 22.7. The molecule has 3 heterocycles. The lowest BCUT2D eigenvalue weighted by Gasteiger charge is -2.24. The minimum Gasteiger partial charge on any atom is -0.437 e. The molecule has 1 atom stereocenters. The van der Waals surface area contributed by atoms with E-state index in [1.807, 2.05) is 20.8 Å². The first-order valence-corrected chi connectivity index (χ1v) is 14.1. The van der Waals surface area contributed by atoms with E-state index < -0.39 is 12.2 Å². The van der Waals surface area contributed by atoms with Crippen LogP contribution in [0.15, 0.2) is 30.6 Å². The van der Waals surface area contributed by atoms with Gasteiger partial charge in [0.05, 0.1) is 16.4 Å². The quantitative estimate of drug-likeness (QED) is 0.214. The van der Waals surface area contributed by atoms with Crippen LogP contribution in [-0.4, -0.2) is 51.7 Å². The van der Waals surface area contributed by atoms with Gasteiger partial charge in [-0.05, 0) is 70.9 Å². The van der Waals surface area contributed by atoms with Crippen molar-refractivity contribution in [1.29, 1.82) is 0 Å². The molecule has 0 N–H and O–H groups in total. The Morgan fingerprint density at radius 1 is 1.18 bits per heavy atom. The molecule has 0 spiro atoms. The molecule has 4 rings (SSSR count). The van der Waals surface area contributed by atoms with Crippen LogP contribution in [0.4, 0.5) is 5.69 Å². The number of likely N-dealkylation sites (tertiary alicyclic amines) is 1. The molecule has 7 nitrogen and oxygen atoms in total. The third-order valence-corrected chi connectivity index (χ3v) is 8.01. The molecule has 2 aliphatic rings. The SMILES string of the molecule is C=[N+](C(=O)C1CCC(C)CC1)c1cc(C#CC(C)(C)C)sc1C(=O)OC1CCCN1C(=O)c1cccnc1. The first kappa shape index (κ1) is 27.7. The van der Waals surface area contributed by atoms with Crippen molar-refractivity contribution in [2.75, 3.05) is 6.54 Å². The van der Waals surface area contributed by atoms with E-state index in [-0.39, 0.29) is 28.0 Å². The first-order valence-electron chi connectivity index (χ1n) is 13.3. The summed E-state index contributed by atoms with van der Waals surface area (Å²) >= 11 is 1.19. The lowest BCUT2D eigenvalue weighted by Crippen LogP contribution is -2.38. The Morgan fingerprint density at radius 3 is 2.58 bits per heavy atom. The number of ether oxygens (including phenoxy) is 1. The second-order valence-corrected chi connectivity index (χ2v) is 12.3. The van der Waals surface area contributed by atoms with Gasteiger partial charge in [0.15, 0.2) is 11.1 Å². The Bertz CT molecular complexity index is 1270. The van der Waals surface area contributed by atoms with E-state index in [2.05, 4.69) is 30.5 Å². The van der Waals surface area contributed by atoms with E-state index in [0.717, 1.165) is 32.1 Å². The van der Waals surface area contributed by atoms with Crippen LogP contribution >= 0.6 is 11.3 Å². The van der Waals surface area contributed by atoms with Crippen molar-refractivity contribution in [3.63, 3.8) is 0 Å². The van der Waals surface area contributed by atoms with Crippen LogP contribution in [0.5, 0.6) is 0 Å². The fraction of sp³-hybridized carbons (Fsp3) is 0.500. The highest BCUT2D eigenvalue weighted by atomic mass is 32.1. The highest BCUT2D eigenvalue weighted by Crippen LogP contribution is 2.35. The van der Waals surface area contributed by atoms with Crippen molar-refractivity contribution in [1.82, 2.24) is 9.88 Å². The number of pyridine rings is 1. The normalized spacial score (nSPS) is 21.4. The van der Waals surface area contributed by atoms with Crippen LogP contribution in [0.1, 0.15) is 91.1 Å². The van der Waals surface area contributed by atoms with Gasteiger partial charge in [0, 0.05) is 36.8 Å². The van der Waals surface area contributed by atoms with Crippen LogP contribution in [0.25, 0.3) is 0 Å². The van der Waals surface area contributed by atoms with E-state index in [4.69, 9.17) is 4.74 Å². The van der Waals surface area contributed by atoms with Gasteiger partial charge in [-0.3, -0.25) is 9.78 Å². The molecular weight excluding hydrogens is 498 g/mol.